The quantitative estimate of drug-likeness (QED) is 0.703. The summed E-state index contributed by atoms with van der Waals surface area (Å²) >= 11 is 0. The molecule has 96 valence electrons. The van der Waals surface area contributed by atoms with Gasteiger partial charge in [-0.25, -0.2) is 0 Å². The highest BCUT2D eigenvalue weighted by atomic mass is 16.5. The zero-order valence-corrected chi connectivity index (χ0v) is 10.5. The first-order chi connectivity index (χ1) is 8.19. The number of hydrogen-bond donors (Lipinski definition) is 2. The number of ether oxygens (including phenoxy) is 1. The Bertz CT molecular complexity index is 361. The number of hydrogen-bond acceptors (Lipinski definition) is 3. The predicted octanol–water partition coefficient (Wildman–Crippen LogP) is 1.25. The summed E-state index contributed by atoms with van der Waals surface area (Å²) in [6.07, 6.45) is 2.76. The summed E-state index contributed by atoms with van der Waals surface area (Å²) in [7, 11) is 0. The maximum atomic E-state index is 11.9. The molecule has 1 amide bonds. The SMILES string of the molecule is CCCn1cc(N)cc1C(=O)NCCOCC. The van der Waals surface area contributed by atoms with E-state index in [1.165, 1.54) is 0 Å². The van der Waals surface area contributed by atoms with Crippen LogP contribution in [0.25, 0.3) is 0 Å². The summed E-state index contributed by atoms with van der Waals surface area (Å²) in [5.74, 6) is -0.102. The highest BCUT2D eigenvalue weighted by molar-refractivity contribution is 5.93. The minimum Gasteiger partial charge on any atom is -0.397 e. The van der Waals surface area contributed by atoms with Crippen molar-refractivity contribution in [2.45, 2.75) is 26.8 Å². The number of carbonyl (C=O) groups excluding carboxylic acids is 1. The molecule has 0 bridgehead atoms. The molecule has 0 saturated carbocycles. The Labute approximate surface area is 102 Å². The third-order valence-electron chi connectivity index (χ3n) is 2.35. The van der Waals surface area contributed by atoms with E-state index in [4.69, 9.17) is 10.5 Å². The van der Waals surface area contributed by atoms with Crippen LogP contribution in [0.2, 0.25) is 0 Å². The van der Waals surface area contributed by atoms with E-state index >= 15 is 0 Å². The van der Waals surface area contributed by atoms with Gasteiger partial charge in [0.2, 0.25) is 0 Å². The molecule has 1 heterocycles. The Morgan fingerprint density at radius 2 is 2.29 bits per heavy atom. The maximum absolute atomic E-state index is 11.9. The van der Waals surface area contributed by atoms with Gasteiger partial charge in [0.25, 0.3) is 5.91 Å². The number of rotatable bonds is 7. The number of nitrogens with one attached hydrogen (secondary N) is 1. The lowest BCUT2D eigenvalue weighted by molar-refractivity contribution is 0.0913. The van der Waals surface area contributed by atoms with Gasteiger partial charge in [-0.15, -0.1) is 0 Å². The molecule has 0 aromatic carbocycles. The van der Waals surface area contributed by atoms with E-state index in [9.17, 15) is 4.79 Å². The molecule has 1 rings (SSSR count). The zero-order valence-electron chi connectivity index (χ0n) is 10.5. The number of anilines is 1. The maximum Gasteiger partial charge on any atom is 0.268 e. The Hall–Kier alpha value is -1.49. The number of amides is 1. The smallest absolute Gasteiger partial charge is 0.268 e. The summed E-state index contributed by atoms with van der Waals surface area (Å²) in [6, 6.07) is 1.70. The van der Waals surface area contributed by atoms with Gasteiger partial charge in [-0.05, 0) is 19.4 Å². The second-order valence-electron chi connectivity index (χ2n) is 3.80. The lowest BCUT2D eigenvalue weighted by Crippen LogP contribution is -2.29. The van der Waals surface area contributed by atoms with E-state index in [2.05, 4.69) is 12.2 Å². The Kier molecular flexibility index (Phi) is 5.56. The number of aromatic nitrogens is 1. The molecule has 0 aliphatic heterocycles. The van der Waals surface area contributed by atoms with E-state index in [0.29, 0.717) is 31.1 Å². The molecule has 1 aromatic heterocycles. The second-order valence-corrected chi connectivity index (χ2v) is 3.80. The third kappa shape index (κ3) is 4.11. The van der Waals surface area contributed by atoms with Crippen LogP contribution in [-0.2, 0) is 11.3 Å². The van der Waals surface area contributed by atoms with E-state index < -0.39 is 0 Å². The van der Waals surface area contributed by atoms with Crippen LogP contribution in [0.5, 0.6) is 0 Å². The third-order valence-corrected chi connectivity index (χ3v) is 2.35. The first kappa shape index (κ1) is 13.6. The predicted molar refractivity (Wildman–Crippen MR) is 68.0 cm³/mol. The van der Waals surface area contributed by atoms with Gasteiger partial charge < -0.3 is 20.4 Å². The van der Waals surface area contributed by atoms with Crippen LogP contribution in [0, 0.1) is 0 Å². The summed E-state index contributed by atoms with van der Waals surface area (Å²) < 4.78 is 7.04. The number of nitrogen functional groups attached to an aromatic ring is 1. The fraction of sp³-hybridized carbons (Fsp3) is 0.583. The molecule has 0 atom stereocenters. The number of aryl methyl sites for hydroxylation is 1. The van der Waals surface area contributed by atoms with E-state index in [-0.39, 0.29) is 5.91 Å². The molecule has 17 heavy (non-hydrogen) atoms. The van der Waals surface area contributed by atoms with E-state index in [1.54, 1.807) is 12.3 Å². The van der Waals surface area contributed by atoms with Crippen molar-refractivity contribution in [1.82, 2.24) is 9.88 Å². The minimum atomic E-state index is -0.102. The molecule has 5 nitrogen and oxygen atoms in total. The molecule has 3 N–H and O–H groups in total. The van der Waals surface area contributed by atoms with Crippen molar-refractivity contribution in [3.05, 3.63) is 18.0 Å². The minimum absolute atomic E-state index is 0.102. The Balaban J connectivity index is 2.55. The van der Waals surface area contributed by atoms with Crippen LogP contribution in [0.4, 0.5) is 5.69 Å². The molecule has 0 spiro atoms. The molecule has 0 aliphatic carbocycles. The monoisotopic (exact) mass is 239 g/mol. The molecule has 5 heteroatoms. The van der Waals surface area contributed by atoms with Crippen molar-refractivity contribution in [2.24, 2.45) is 0 Å². The van der Waals surface area contributed by atoms with Gasteiger partial charge in [-0.2, -0.15) is 0 Å². The van der Waals surface area contributed by atoms with Crippen molar-refractivity contribution < 1.29 is 9.53 Å². The fourth-order valence-corrected chi connectivity index (χ4v) is 1.62. The molecular formula is C12H21N3O2. The first-order valence-electron chi connectivity index (χ1n) is 6.00. The number of nitrogens with zero attached hydrogens (tertiary/aromatic N) is 1. The fourth-order valence-electron chi connectivity index (χ4n) is 1.62. The molecule has 0 fully saturated rings. The highest BCUT2D eigenvalue weighted by Crippen LogP contribution is 2.11. The summed E-state index contributed by atoms with van der Waals surface area (Å²) in [5, 5.41) is 2.81. The zero-order chi connectivity index (χ0) is 12.7. The Morgan fingerprint density at radius 3 is 2.94 bits per heavy atom. The van der Waals surface area contributed by atoms with E-state index in [1.807, 2.05) is 11.5 Å². The molecule has 0 radical (unpaired) electrons. The van der Waals surface area contributed by atoms with Crippen LogP contribution >= 0.6 is 0 Å². The standard InChI is InChI=1S/C12H21N3O2/c1-3-6-15-9-10(13)8-11(15)12(16)14-5-7-17-4-2/h8-9H,3-7,13H2,1-2H3,(H,14,16). The normalized spacial score (nSPS) is 10.5. The van der Waals surface area contributed by atoms with Crippen molar-refractivity contribution >= 4 is 11.6 Å². The van der Waals surface area contributed by atoms with Crippen LogP contribution in [0.15, 0.2) is 12.3 Å². The second kappa shape index (κ2) is 6.96. The Morgan fingerprint density at radius 1 is 1.53 bits per heavy atom. The largest absolute Gasteiger partial charge is 0.397 e. The van der Waals surface area contributed by atoms with E-state index in [0.717, 1.165) is 13.0 Å². The summed E-state index contributed by atoms with van der Waals surface area (Å²) in [4.78, 5) is 11.9. The van der Waals surface area contributed by atoms with Crippen molar-refractivity contribution in [3.8, 4) is 0 Å². The topological polar surface area (TPSA) is 69.3 Å². The van der Waals surface area contributed by atoms with Crippen LogP contribution in [0.3, 0.4) is 0 Å². The van der Waals surface area contributed by atoms with Gasteiger partial charge in [-0.3, -0.25) is 4.79 Å². The molecule has 1 aromatic rings. The van der Waals surface area contributed by atoms with Gasteiger partial charge in [0.15, 0.2) is 0 Å². The molecular weight excluding hydrogens is 218 g/mol. The average molecular weight is 239 g/mol. The van der Waals surface area contributed by atoms with Gasteiger partial charge in [-0.1, -0.05) is 6.92 Å². The first-order valence-corrected chi connectivity index (χ1v) is 6.00. The van der Waals surface area contributed by atoms with Gasteiger partial charge in [0.1, 0.15) is 5.69 Å². The molecule has 0 saturated heterocycles. The van der Waals surface area contributed by atoms with Crippen LogP contribution in [0.1, 0.15) is 30.8 Å². The van der Waals surface area contributed by atoms with Crippen LogP contribution < -0.4 is 11.1 Å². The molecule has 0 unspecified atom stereocenters. The van der Waals surface area contributed by atoms with Crippen LogP contribution in [-0.4, -0.2) is 30.2 Å². The highest BCUT2D eigenvalue weighted by Gasteiger charge is 2.11. The van der Waals surface area contributed by atoms with Gasteiger partial charge >= 0.3 is 0 Å². The number of nitrogens with two attached hydrogens (primary N) is 1. The van der Waals surface area contributed by atoms with Gasteiger partial charge in [0.05, 0.1) is 12.3 Å². The van der Waals surface area contributed by atoms with Crippen molar-refractivity contribution in [1.29, 1.82) is 0 Å². The van der Waals surface area contributed by atoms with Crippen molar-refractivity contribution in [2.75, 3.05) is 25.5 Å². The molecule has 0 aliphatic rings. The summed E-state index contributed by atoms with van der Waals surface area (Å²) in [5.41, 5.74) is 6.93. The average Bonchev–Trinajstić information content (AvgIpc) is 2.66. The summed E-state index contributed by atoms with van der Waals surface area (Å²) in [6.45, 7) is 6.50. The van der Waals surface area contributed by atoms with Crippen molar-refractivity contribution in [3.63, 3.8) is 0 Å². The van der Waals surface area contributed by atoms with Gasteiger partial charge in [0, 0.05) is 25.9 Å². The lowest BCUT2D eigenvalue weighted by Gasteiger charge is -2.08. The lowest BCUT2D eigenvalue weighted by atomic mass is 10.3. The number of carbonyl (C=O) groups is 1.